The molecule has 0 radical (unpaired) electrons. The molecule has 5 amide bonds. The summed E-state index contributed by atoms with van der Waals surface area (Å²) in [6.07, 6.45) is 1.83. The third-order valence-corrected chi connectivity index (χ3v) is 14.3. The number of ketones is 3. The van der Waals surface area contributed by atoms with Crippen LogP contribution in [0.5, 0.6) is 0 Å². The number of esters is 1. The maximum absolute atomic E-state index is 14.2. The molecule has 378 valence electrons. The number of piperidine rings is 1. The fourth-order valence-corrected chi connectivity index (χ4v) is 9.92. The number of rotatable bonds is 6. The van der Waals surface area contributed by atoms with Gasteiger partial charge in [-0.3, -0.25) is 38.4 Å². The molecule has 67 heavy (non-hydrogen) atoms. The third kappa shape index (κ3) is 15.9. The predicted octanol–water partition coefficient (Wildman–Crippen LogP) is 2.82. The average molecular weight is 946 g/mol. The van der Waals surface area contributed by atoms with Crippen molar-refractivity contribution in [2.45, 2.75) is 194 Å². The first-order chi connectivity index (χ1) is 31.5. The molecule has 2 bridgehead atoms. The highest BCUT2D eigenvalue weighted by atomic mass is 16.6. The Labute approximate surface area is 395 Å². The molecule has 1 saturated carbocycles. The normalized spacial score (nSPS) is 34.3. The van der Waals surface area contributed by atoms with Crippen molar-refractivity contribution >= 4 is 52.9 Å². The molecule has 12 atom stereocenters. The van der Waals surface area contributed by atoms with Crippen LogP contribution in [0.1, 0.15) is 152 Å². The van der Waals surface area contributed by atoms with Gasteiger partial charge in [-0.15, -0.1) is 0 Å². The van der Waals surface area contributed by atoms with Crippen molar-refractivity contribution in [2.24, 2.45) is 41.4 Å². The number of fused-ring (bicyclic) bond motifs is 3. The molecular weight excluding hydrogens is 867 g/mol. The van der Waals surface area contributed by atoms with Crippen LogP contribution >= 0.6 is 0 Å². The van der Waals surface area contributed by atoms with Gasteiger partial charge < -0.3 is 45.9 Å². The number of nitrogens with zero attached hydrogens (tertiary/aromatic N) is 1. The van der Waals surface area contributed by atoms with Gasteiger partial charge in [0.25, 0.3) is 11.7 Å². The fourth-order valence-electron chi connectivity index (χ4n) is 9.92. The first kappa shape index (κ1) is 55.3. The van der Waals surface area contributed by atoms with E-state index < -0.39 is 108 Å². The van der Waals surface area contributed by atoms with E-state index in [1.807, 2.05) is 27.7 Å². The van der Waals surface area contributed by atoms with Crippen LogP contribution in [0.2, 0.25) is 0 Å². The highest BCUT2D eigenvalue weighted by molar-refractivity contribution is 6.39. The minimum absolute atomic E-state index is 0.0210. The number of amides is 5. The van der Waals surface area contributed by atoms with Gasteiger partial charge in [0, 0.05) is 37.8 Å². The lowest BCUT2D eigenvalue weighted by molar-refractivity contribution is -0.262. The van der Waals surface area contributed by atoms with E-state index in [-0.39, 0.29) is 93.4 Å². The number of hydrogen-bond acceptors (Lipinski definition) is 13. The second kappa shape index (κ2) is 25.4. The lowest BCUT2D eigenvalue weighted by atomic mass is 9.76. The number of carbonyl (C=O) groups is 9. The Hall–Kier alpha value is -4.29. The number of carbonyl (C=O) groups excluding carboxylic acids is 9. The molecule has 6 N–H and O–H groups in total. The number of nitrogens with one attached hydrogen (secondary N) is 4. The topological polar surface area (TPSA) is 264 Å². The van der Waals surface area contributed by atoms with Crippen LogP contribution in [0.25, 0.3) is 0 Å². The maximum Gasteiger partial charge on any atom is 0.329 e. The monoisotopic (exact) mass is 946 g/mol. The summed E-state index contributed by atoms with van der Waals surface area (Å²) in [6, 6.07) is -3.12. The zero-order chi connectivity index (χ0) is 49.7. The summed E-state index contributed by atoms with van der Waals surface area (Å²) in [5, 5.41) is 32.9. The van der Waals surface area contributed by atoms with Crippen LogP contribution in [0.15, 0.2) is 0 Å². The molecule has 1 aliphatic carbocycles. The van der Waals surface area contributed by atoms with Gasteiger partial charge in [0.1, 0.15) is 18.2 Å². The van der Waals surface area contributed by atoms with Gasteiger partial charge in [0.2, 0.25) is 29.4 Å². The van der Waals surface area contributed by atoms with Crippen molar-refractivity contribution in [2.75, 3.05) is 19.6 Å². The fraction of sp³-hybridized carbons (Fsp3) is 0.816. The standard InChI is InChI=1S/C49H79N5O13/c1-27(2)20-37-40(57)13-11-18-50-42(58)24-35-16-14-31(7)49(65,67-35)44(60)47(63)54-19-10-9-12-38(54)48(64)66-41(30(6)22-33-15-17-39(56)29(5)21-33)25-43(59)51-26-34(55)23-36(28(3)4)46(62)52-32(8)45(61)53-37/h27-33,35-39,41,56,65H,9-26H2,1-8H3,(H,50,58)(H,51,59)(H,52,62)(H,53,61)/t29-,30-,31-,32+,33-,35+,36+,37+,38+,39-,41+,49?/m1/s1. The molecule has 3 aliphatic heterocycles. The quantitative estimate of drug-likeness (QED) is 0.166. The summed E-state index contributed by atoms with van der Waals surface area (Å²) < 4.78 is 12.0. The van der Waals surface area contributed by atoms with Crippen LogP contribution in [-0.4, -0.2) is 130 Å². The molecule has 18 heteroatoms. The molecule has 3 saturated heterocycles. The minimum atomic E-state index is -2.58. The number of ether oxygens (including phenoxy) is 2. The number of hydrogen-bond donors (Lipinski definition) is 6. The van der Waals surface area contributed by atoms with E-state index in [4.69, 9.17) is 9.47 Å². The van der Waals surface area contributed by atoms with Crippen LogP contribution in [-0.2, 0) is 52.6 Å². The molecule has 0 aromatic rings. The Morgan fingerprint density at radius 3 is 2.15 bits per heavy atom. The molecule has 0 aromatic heterocycles. The average Bonchev–Trinajstić information content (AvgIpc) is 3.26. The van der Waals surface area contributed by atoms with Crippen molar-refractivity contribution in [1.82, 2.24) is 26.2 Å². The molecular formula is C49H79N5O13. The molecule has 0 aromatic carbocycles. The maximum atomic E-state index is 14.2. The number of cyclic esters (lactones) is 1. The van der Waals surface area contributed by atoms with E-state index >= 15 is 0 Å². The zero-order valence-electron chi connectivity index (χ0n) is 41.1. The van der Waals surface area contributed by atoms with Crippen LogP contribution in [0.3, 0.4) is 0 Å². The largest absolute Gasteiger partial charge is 0.460 e. The predicted molar refractivity (Wildman–Crippen MR) is 245 cm³/mol. The van der Waals surface area contributed by atoms with Crippen molar-refractivity contribution < 1.29 is 62.8 Å². The molecule has 4 fully saturated rings. The lowest BCUT2D eigenvalue weighted by Gasteiger charge is -2.42. The van der Waals surface area contributed by atoms with Crippen molar-refractivity contribution in [3.63, 3.8) is 0 Å². The zero-order valence-corrected chi connectivity index (χ0v) is 41.1. The van der Waals surface area contributed by atoms with Gasteiger partial charge in [0.15, 0.2) is 11.6 Å². The number of aliphatic hydroxyl groups is 2. The second-order valence-corrected chi connectivity index (χ2v) is 20.8. The van der Waals surface area contributed by atoms with E-state index in [1.165, 1.54) is 6.92 Å². The van der Waals surface area contributed by atoms with Gasteiger partial charge in [-0.1, -0.05) is 48.5 Å². The van der Waals surface area contributed by atoms with Gasteiger partial charge in [-0.05, 0) is 107 Å². The van der Waals surface area contributed by atoms with Gasteiger partial charge in [-0.2, -0.15) is 0 Å². The molecule has 4 rings (SSSR count). The first-order valence-corrected chi connectivity index (χ1v) is 24.8. The summed E-state index contributed by atoms with van der Waals surface area (Å²) >= 11 is 0. The van der Waals surface area contributed by atoms with Crippen LogP contribution in [0.4, 0.5) is 0 Å². The Balaban J connectivity index is 1.61. The highest BCUT2D eigenvalue weighted by Gasteiger charge is 2.53. The number of Topliss-reactive ketones (excluding diaryl/α,β-unsaturated/α-hetero) is 3. The van der Waals surface area contributed by atoms with Gasteiger partial charge in [0.05, 0.1) is 37.6 Å². The smallest absolute Gasteiger partial charge is 0.329 e. The molecule has 3 heterocycles. The minimum Gasteiger partial charge on any atom is -0.460 e. The molecule has 18 nitrogen and oxygen atoms in total. The van der Waals surface area contributed by atoms with E-state index in [1.54, 1.807) is 20.8 Å². The molecule has 1 unspecified atom stereocenters. The first-order valence-electron chi connectivity index (χ1n) is 24.8. The van der Waals surface area contributed by atoms with E-state index in [0.717, 1.165) is 17.7 Å². The summed E-state index contributed by atoms with van der Waals surface area (Å²) in [6.45, 7) is 13.9. The summed E-state index contributed by atoms with van der Waals surface area (Å²) in [5.74, 6) is -10.8. The third-order valence-electron chi connectivity index (χ3n) is 14.3. The summed E-state index contributed by atoms with van der Waals surface area (Å²) in [4.78, 5) is 124. The summed E-state index contributed by atoms with van der Waals surface area (Å²) in [7, 11) is 0. The Morgan fingerprint density at radius 2 is 1.48 bits per heavy atom. The molecule has 0 spiro atoms. The molecule has 4 aliphatic rings. The second-order valence-electron chi connectivity index (χ2n) is 20.8. The van der Waals surface area contributed by atoms with E-state index in [2.05, 4.69) is 21.3 Å². The van der Waals surface area contributed by atoms with Crippen molar-refractivity contribution in [3.8, 4) is 0 Å². The SMILES string of the molecule is CC(C)C[C@@H]1NC(=O)[C@H](C)NC(=O)[C@H](C(C)C)CC(=O)CNC(=O)C[C@@H]([C@H](C)C[C@@H]2CC[C@@H](O)[C@H](C)C2)OC(=O)[C@@H]2CCCCN2C(=O)C(=O)C2(O)O[C@@H](CC[C@H]2C)CC(=O)NCCCC1=O. The summed E-state index contributed by atoms with van der Waals surface area (Å²) in [5.41, 5.74) is 0. The highest BCUT2D eigenvalue weighted by Crippen LogP contribution is 2.37. The van der Waals surface area contributed by atoms with E-state index in [9.17, 15) is 53.4 Å². The van der Waals surface area contributed by atoms with Crippen molar-refractivity contribution in [3.05, 3.63) is 0 Å². The van der Waals surface area contributed by atoms with Gasteiger partial charge >= 0.3 is 5.97 Å². The Morgan fingerprint density at radius 1 is 0.776 bits per heavy atom. The van der Waals surface area contributed by atoms with Crippen molar-refractivity contribution in [1.29, 1.82) is 0 Å². The Bertz CT molecular complexity index is 1790. The van der Waals surface area contributed by atoms with E-state index in [0.29, 0.717) is 38.5 Å². The van der Waals surface area contributed by atoms with Crippen LogP contribution < -0.4 is 21.3 Å². The van der Waals surface area contributed by atoms with Crippen LogP contribution in [0, 0.1) is 41.4 Å². The number of aliphatic hydroxyl groups excluding tert-OH is 1. The Kier molecular flexibility index (Phi) is 20.9. The lowest BCUT2D eigenvalue weighted by Crippen LogP contribution is -2.61. The van der Waals surface area contributed by atoms with Gasteiger partial charge in [-0.25, -0.2) is 4.79 Å².